The molecular formula is C30H27N3O3. The fraction of sp³-hybridized carbons (Fsp3) is 0.200. The van der Waals surface area contributed by atoms with Gasteiger partial charge < -0.3 is 4.84 Å². The summed E-state index contributed by atoms with van der Waals surface area (Å²) in [5.41, 5.74) is 4.18. The first-order valence-electron chi connectivity index (χ1n) is 12.0. The van der Waals surface area contributed by atoms with Crippen molar-refractivity contribution in [1.29, 1.82) is 5.26 Å². The minimum absolute atomic E-state index is 0.223. The van der Waals surface area contributed by atoms with Crippen LogP contribution in [0.5, 0.6) is 0 Å². The Kier molecular flexibility index (Phi) is 8.05. The minimum atomic E-state index is -0.890. The lowest BCUT2D eigenvalue weighted by molar-refractivity contribution is -0.130. The van der Waals surface area contributed by atoms with Crippen LogP contribution in [0.4, 0.5) is 0 Å². The first kappa shape index (κ1) is 24.6. The molecule has 0 fully saturated rings. The molecule has 36 heavy (non-hydrogen) atoms. The highest BCUT2D eigenvalue weighted by molar-refractivity contribution is 5.90. The number of amides is 1. The number of nitrogens with zero attached hydrogens (tertiary/aromatic N) is 2. The molecule has 0 radical (unpaired) electrons. The summed E-state index contributed by atoms with van der Waals surface area (Å²) in [6.07, 6.45) is 2.87. The molecule has 180 valence electrons. The second-order valence-corrected chi connectivity index (χ2v) is 8.61. The van der Waals surface area contributed by atoms with Crippen LogP contribution < -0.4 is 5.48 Å². The zero-order valence-corrected chi connectivity index (χ0v) is 19.9. The predicted molar refractivity (Wildman–Crippen MR) is 138 cm³/mol. The molecule has 0 saturated carbocycles. The van der Waals surface area contributed by atoms with Gasteiger partial charge in [0.15, 0.2) is 0 Å². The maximum atomic E-state index is 12.1. The Balaban J connectivity index is 1.36. The highest BCUT2D eigenvalue weighted by Crippen LogP contribution is 2.36. The van der Waals surface area contributed by atoms with Gasteiger partial charge >= 0.3 is 5.97 Å². The number of nitriles is 1. The number of nitrogens with one attached hydrogen (secondary N) is 1. The molecule has 4 aromatic rings. The Labute approximate surface area is 210 Å². The summed E-state index contributed by atoms with van der Waals surface area (Å²) in [5, 5.41) is 11.4. The van der Waals surface area contributed by atoms with Crippen molar-refractivity contribution in [2.24, 2.45) is 0 Å². The summed E-state index contributed by atoms with van der Waals surface area (Å²) in [5.74, 6) is -0.960. The molecular weight excluding hydrogens is 450 g/mol. The molecule has 0 spiro atoms. The van der Waals surface area contributed by atoms with E-state index in [0.29, 0.717) is 18.4 Å². The van der Waals surface area contributed by atoms with Gasteiger partial charge in [0.2, 0.25) is 0 Å². The van der Waals surface area contributed by atoms with Gasteiger partial charge in [-0.25, -0.2) is 4.79 Å². The molecule has 0 bridgehead atoms. The lowest BCUT2D eigenvalue weighted by atomic mass is 9.74. The molecule has 1 aromatic heterocycles. The van der Waals surface area contributed by atoms with E-state index in [-0.39, 0.29) is 12.3 Å². The van der Waals surface area contributed by atoms with Gasteiger partial charge in [-0.3, -0.25) is 9.78 Å². The van der Waals surface area contributed by atoms with E-state index in [0.717, 1.165) is 35.0 Å². The van der Waals surface area contributed by atoms with Crippen LogP contribution in [0.25, 0.3) is 10.9 Å². The smallest absolute Gasteiger partial charge is 0.335 e. The highest BCUT2D eigenvalue weighted by Gasteiger charge is 2.35. The average molecular weight is 478 g/mol. The molecule has 0 aliphatic carbocycles. The number of para-hydroxylation sites is 1. The van der Waals surface area contributed by atoms with Gasteiger partial charge in [0, 0.05) is 11.8 Å². The molecule has 0 aliphatic heterocycles. The molecule has 0 saturated heterocycles. The molecule has 1 unspecified atom stereocenters. The summed E-state index contributed by atoms with van der Waals surface area (Å²) in [6, 6.07) is 32.6. The largest absolute Gasteiger partial charge is 0.362 e. The second kappa shape index (κ2) is 11.8. The minimum Gasteiger partial charge on any atom is -0.335 e. The van der Waals surface area contributed by atoms with Crippen LogP contribution in [0.15, 0.2) is 97.1 Å². The van der Waals surface area contributed by atoms with Crippen molar-refractivity contribution in [3.63, 3.8) is 0 Å². The van der Waals surface area contributed by atoms with Crippen LogP contribution in [-0.4, -0.2) is 16.9 Å². The van der Waals surface area contributed by atoms with Gasteiger partial charge in [-0.2, -0.15) is 10.7 Å². The Bertz CT molecular complexity index is 1370. The zero-order chi connectivity index (χ0) is 25.2. The van der Waals surface area contributed by atoms with Crippen molar-refractivity contribution in [2.75, 3.05) is 0 Å². The fourth-order valence-electron chi connectivity index (χ4n) is 4.26. The average Bonchev–Trinajstić information content (AvgIpc) is 2.94. The van der Waals surface area contributed by atoms with Crippen molar-refractivity contribution < 1.29 is 14.4 Å². The topological polar surface area (TPSA) is 92.1 Å². The van der Waals surface area contributed by atoms with Gasteiger partial charge in [-0.1, -0.05) is 85.6 Å². The Hall–Kier alpha value is -4.50. The van der Waals surface area contributed by atoms with Crippen LogP contribution in [0.1, 0.15) is 53.7 Å². The summed E-state index contributed by atoms with van der Waals surface area (Å²) < 4.78 is 0. The molecule has 6 heteroatoms. The van der Waals surface area contributed by atoms with E-state index >= 15 is 0 Å². The number of aromatic nitrogens is 1. The van der Waals surface area contributed by atoms with Gasteiger partial charge in [0.1, 0.15) is 5.41 Å². The lowest BCUT2D eigenvalue weighted by Gasteiger charge is -2.27. The van der Waals surface area contributed by atoms with E-state index in [1.807, 2.05) is 66.7 Å². The lowest BCUT2D eigenvalue weighted by Crippen LogP contribution is -2.27. The number of carbonyl (C=O) groups excluding carboxylic acids is 2. The van der Waals surface area contributed by atoms with Crippen molar-refractivity contribution in [3.8, 4) is 6.07 Å². The number of unbranched alkanes of at least 4 members (excludes halogenated alkanes) is 2. The van der Waals surface area contributed by atoms with Crippen molar-refractivity contribution >= 4 is 22.8 Å². The number of carbonyl (C=O) groups is 2. The molecule has 0 aliphatic rings. The predicted octanol–water partition coefficient (Wildman–Crippen LogP) is 5.88. The van der Waals surface area contributed by atoms with Crippen molar-refractivity contribution in [2.45, 2.75) is 37.5 Å². The maximum Gasteiger partial charge on any atom is 0.362 e. The number of pyridine rings is 1. The maximum absolute atomic E-state index is 12.1. The molecule has 3 aromatic carbocycles. The third-order valence-electron chi connectivity index (χ3n) is 6.22. The molecule has 1 atom stereocenters. The Morgan fingerprint density at radius 1 is 0.833 bits per heavy atom. The molecule has 6 nitrogen and oxygen atoms in total. The third kappa shape index (κ3) is 5.76. The van der Waals surface area contributed by atoms with Crippen LogP contribution in [0, 0.1) is 11.3 Å². The summed E-state index contributed by atoms with van der Waals surface area (Å²) in [4.78, 5) is 33.8. The SMILES string of the molecule is N#CC(CCCCCC(=O)NOC(=O)c1ccccc1)(c1ccccc1)c1ccc2ccccc2n1. The van der Waals surface area contributed by atoms with Gasteiger partial charge in [0.05, 0.1) is 22.8 Å². The van der Waals surface area contributed by atoms with Crippen LogP contribution >= 0.6 is 0 Å². The van der Waals surface area contributed by atoms with Crippen LogP contribution in [0.2, 0.25) is 0 Å². The van der Waals surface area contributed by atoms with Crippen molar-refractivity contribution in [1.82, 2.24) is 10.5 Å². The highest BCUT2D eigenvalue weighted by atomic mass is 16.7. The zero-order valence-electron chi connectivity index (χ0n) is 19.9. The fourth-order valence-corrected chi connectivity index (χ4v) is 4.26. The van der Waals surface area contributed by atoms with E-state index in [1.165, 1.54) is 0 Å². The first-order chi connectivity index (χ1) is 17.6. The van der Waals surface area contributed by atoms with Gasteiger partial charge in [0.25, 0.3) is 5.91 Å². The molecule has 1 amide bonds. The second-order valence-electron chi connectivity index (χ2n) is 8.61. The molecule has 4 rings (SSSR count). The van der Waals surface area contributed by atoms with Gasteiger partial charge in [-0.15, -0.1) is 0 Å². The first-order valence-corrected chi connectivity index (χ1v) is 12.0. The number of hydroxylamine groups is 1. The van der Waals surface area contributed by atoms with Crippen LogP contribution in [-0.2, 0) is 15.0 Å². The Morgan fingerprint density at radius 3 is 2.28 bits per heavy atom. The molecule has 1 heterocycles. The third-order valence-corrected chi connectivity index (χ3v) is 6.22. The number of fused-ring (bicyclic) bond motifs is 1. The van der Waals surface area contributed by atoms with Gasteiger partial charge in [-0.05, 0) is 42.7 Å². The van der Waals surface area contributed by atoms with E-state index in [1.54, 1.807) is 30.3 Å². The quantitative estimate of drug-likeness (QED) is 0.240. The summed E-state index contributed by atoms with van der Waals surface area (Å²) in [6.45, 7) is 0. The van der Waals surface area contributed by atoms with E-state index in [9.17, 15) is 14.9 Å². The van der Waals surface area contributed by atoms with Crippen molar-refractivity contribution in [3.05, 3.63) is 114 Å². The molecule has 1 N–H and O–H groups in total. The number of hydrogen-bond donors (Lipinski definition) is 1. The summed E-state index contributed by atoms with van der Waals surface area (Å²) >= 11 is 0. The number of rotatable bonds is 9. The monoisotopic (exact) mass is 477 g/mol. The number of benzene rings is 3. The van der Waals surface area contributed by atoms with Crippen LogP contribution in [0.3, 0.4) is 0 Å². The summed E-state index contributed by atoms with van der Waals surface area (Å²) in [7, 11) is 0. The number of hydrogen-bond acceptors (Lipinski definition) is 5. The van der Waals surface area contributed by atoms with E-state index in [4.69, 9.17) is 9.82 Å². The Morgan fingerprint density at radius 2 is 1.53 bits per heavy atom. The van der Waals surface area contributed by atoms with E-state index < -0.39 is 11.4 Å². The standard InChI is InChI=1S/C30H27N3O3/c31-22-30(25-15-6-2-7-16-25,27-20-19-23-12-9-10-17-26(23)32-27)21-11-3-8-18-28(34)33-36-29(35)24-13-4-1-5-14-24/h1-2,4-7,9-10,12-17,19-20H,3,8,11,18,21H2,(H,33,34). The normalized spacial score (nSPS) is 12.3. The van der Waals surface area contributed by atoms with E-state index in [2.05, 4.69) is 11.5 Å².